The molecule has 0 spiro atoms. The van der Waals surface area contributed by atoms with E-state index < -0.39 is 5.97 Å². The largest absolute Gasteiger partial charge is 0.480 e. The molecule has 114 valence electrons. The number of carbonyl (C=O) groups is 2. The number of carbonyl (C=O) groups excluding carboxylic acids is 1. The number of aliphatic carboxylic acids is 1. The molecule has 8 heteroatoms. The van der Waals surface area contributed by atoms with Crippen molar-refractivity contribution in [2.45, 2.75) is 6.42 Å². The van der Waals surface area contributed by atoms with Gasteiger partial charge >= 0.3 is 5.97 Å². The molecule has 0 fully saturated rings. The Bertz CT molecular complexity index is 606. The summed E-state index contributed by atoms with van der Waals surface area (Å²) in [4.78, 5) is 31.6. The number of imidazole rings is 1. The Morgan fingerprint density at radius 1 is 1.38 bits per heavy atom. The van der Waals surface area contributed by atoms with Gasteiger partial charge in [0.05, 0.1) is 12.1 Å². The summed E-state index contributed by atoms with van der Waals surface area (Å²) >= 11 is 1.49. The van der Waals surface area contributed by atoms with E-state index in [1.807, 2.05) is 35.0 Å². The van der Waals surface area contributed by atoms with E-state index in [2.05, 4.69) is 4.98 Å². The van der Waals surface area contributed by atoms with Crippen LogP contribution in [0.5, 0.6) is 0 Å². The average molecular weight is 310 g/mol. The molecule has 0 aliphatic rings. The molecule has 1 N–H and O–H groups in total. The van der Waals surface area contributed by atoms with Crippen LogP contribution in [-0.2, 0) is 16.0 Å². The Hall–Kier alpha value is -1.93. The predicted molar refractivity (Wildman–Crippen MR) is 79.5 cm³/mol. The minimum atomic E-state index is -1.01. The first-order chi connectivity index (χ1) is 9.95. The second-order valence-corrected chi connectivity index (χ2v) is 5.89. The molecule has 0 aliphatic heterocycles. The van der Waals surface area contributed by atoms with E-state index in [0.717, 1.165) is 4.96 Å². The number of thiazole rings is 1. The summed E-state index contributed by atoms with van der Waals surface area (Å²) in [7, 11) is 3.76. The molecule has 7 nitrogen and oxygen atoms in total. The highest BCUT2D eigenvalue weighted by atomic mass is 32.1. The molecule has 0 aliphatic carbocycles. The minimum absolute atomic E-state index is 0.120. The topological polar surface area (TPSA) is 78.2 Å². The van der Waals surface area contributed by atoms with Crippen molar-refractivity contribution in [3.05, 3.63) is 23.5 Å². The number of likely N-dealkylation sites (N-methyl/N-ethyl adjacent to an activating group) is 1. The summed E-state index contributed by atoms with van der Waals surface area (Å²) in [6.07, 6.45) is 3.80. The van der Waals surface area contributed by atoms with Crippen molar-refractivity contribution in [1.82, 2.24) is 19.2 Å². The van der Waals surface area contributed by atoms with Gasteiger partial charge < -0.3 is 14.9 Å². The van der Waals surface area contributed by atoms with Crippen LogP contribution in [0.3, 0.4) is 0 Å². The van der Waals surface area contributed by atoms with E-state index >= 15 is 0 Å². The van der Waals surface area contributed by atoms with Crippen LogP contribution in [0, 0.1) is 0 Å². The zero-order valence-electron chi connectivity index (χ0n) is 12.0. The van der Waals surface area contributed by atoms with E-state index in [1.165, 1.54) is 16.2 Å². The Morgan fingerprint density at radius 2 is 2.14 bits per heavy atom. The highest BCUT2D eigenvalue weighted by Crippen LogP contribution is 2.12. The van der Waals surface area contributed by atoms with E-state index in [4.69, 9.17) is 5.11 Å². The quantitative estimate of drug-likeness (QED) is 0.801. The monoisotopic (exact) mass is 310 g/mol. The van der Waals surface area contributed by atoms with Crippen molar-refractivity contribution in [2.75, 3.05) is 33.7 Å². The zero-order valence-corrected chi connectivity index (χ0v) is 12.8. The minimum Gasteiger partial charge on any atom is -0.480 e. The summed E-state index contributed by atoms with van der Waals surface area (Å²) in [5.74, 6) is -1.22. The number of rotatable bonds is 7. The number of hydrogen-bond donors (Lipinski definition) is 1. The molecule has 0 aromatic carbocycles. The summed E-state index contributed by atoms with van der Waals surface area (Å²) in [5.41, 5.74) is 0.659. The van der Waals surface area contributed by atoms with Crippen LogP contribution in [0.1, 0.15) is 5.69 Å². The first kappa shape index (κ1) is 15.5. The maximum atomic E-state index is 12.3. The number of hydrogen-bond acceptors (Lipinski definition) is 5. The molecule has 0 saturated carbocycles. The lowest BCUT2D eigenvalue weighted by atomic mass is 10.3. The highest BCUT2D eigenvalue weighted by Gasteiger charge is 2.18. The average Bonchev–Trinajstić information content (AvgIpc) is 2.94. The number of carboxylic acid groups (broad SMARTS) is 1. The van der Waals surface area contributed by atoms with Gasteiger partial charge in [0.1, 0.15) is 6.54 Å². The van der Waals surface area contributed by atoms with Gasteiger partial charge in [0, 0.05) is 30.9 Å². The molecule has 2 aromatic rings. The predicted octanol–water partition coefficient (Wildman–Crippen LogP) is 0.413. The fourth-order valence-electron chi connectivity index (χ4n) is 1.90. The Labute approximate surface area is 126 Å². The van der Waals surface area contributed by atoms with Crippen LogP contribution < -0.4 is 0 Å². The summed E-state index contributed by atoms with van der Waals surface area (Å²) < 4.78 is 1.86. The molecular formula is C13H18N4O3S. The molecule has 21 heavy (non-hydrogen) atoms. The van der Waals surface area contributed by atoms with Gasteiger partial charge in [-0.05, 0) is 14.1 Å². The van der Waals surface area contributed by atoms with Gasteiger partial charge in [-0.1, -0.05) is 0 Å². The SMILES string of the molecule is CN(C)CCN(CC(=O)O)C(=O)Cc1cn2ccsc2n1. The molecule has 2 aromatic heterocycles. The third-order valence-electron chi connectivity index (χ3n) is 2.97. The van der Waals surface area contributed by atoms with Crippen LogP contribution in [0.4, 0.5) is 0 Å². The second kappa shape index (κ2) is 6.68. The summed E-state index contributed by atoms with van der Waals surface area (Å²) in [6.45, 7) is 0.729. The first-order valence-electron chi connectivity index (χ1n) is 6.51. The van der Waals surface area contributed by atoms with E-state index in [1.54, 1.807) is 6.20 Å². The number of fused-ring (bicyclic) bond motifs is 1. The summed E-state index contributed by atoms with van der Waals surface area (Å²) in [5, 5.41) is 10.8. The van der Waals surface area contributed by atoms with Crippen LogP contribution in [0.25, 0.3) is 4.96 Å². The maximum Gasteiger partial charge on any atom is 0.323 e. The van der Waals surface area contributed by atoms with Crippen molar-refractivity contribution in [3.63, 3.8) is 0 Å². The molecular weight excluding hydrogens is 292 g/mol. The first-order valence-corrected chi connectivity index (χ1v) is 7.39. The Balaban J connectivity index is 2.02. The summed E-state index contributed by atoms with van der Waals surface area (Å²) in [6, 6.07) is 0. The number of carboxylic acids is 1. The normalized spacial score (nSPS) is 11.2. The third kappa shape index (κ3) is 4.27. The van der Waals surface area contributed by atoms with Gasteiger partial charge in [-0.3, -0.25) is 14.0 Å². The van der Waals surface area contributed by atoms with E-state index in [9.17, 15) is 9.59 Å². The van der Waals surface area contributed by atoms with Crippen LogP contribution in [0.15, 0.2) is 17.8 Å². The zero-order chi connectivity index (χ0) is 15.4. The van der Waals surface area contributed by atoms with Gasteiger partial charge in [0.25, 0.3) is 0 Å². The van der Waals surface area contributed by atoms with Gasteiger partial charge in [-0.15, -0.1) is 11.3 Å². The van der Waals surface area contributed by atoms with Crippen LogP contribution in [0.2, 0.25) is 0 Å². The molecule has 0 saturated heterocycles. The molecule has 0 radical (unpaired) electrons. The lowest BCUT2D eigenvalue weighted by Gasteiger charge is -2.22. The van der Waals surface area contributed by atoms with Crippen molar-refractivity contribution in [1.29, 1.82) is 0 Å². The standard InChI is InChI=1S/C13H18N4O3S/c1-15(2)3-4-16(9-12(19)20)11(18)7-10-8-17-5-6-21-13(17)14-10/h5-6,8H,3-4,7,9H2,1-2H3,(H,19,20). The van der Waals surface area contributed by atoms with Gasteiger partial charge in [0.15, 0.2) is 4.96 Å². The van der Waals surface area contributed by atoms with Gasteiger partial charge in [-0.2, -0.15) is 0 Å². The smallest absolute Gasteiger partial charge is 0.323 e. The van der Waals surface area contributed by atoms with Crippen LogP contribution >= 0.6 is 11.3 Å². The van der Waals surface area contributed by atoms with Crippen molar-refractivity contribution in [2.24, 2.45) is 0 Å². The number of amides is 1. The van der Waals surface area contributed by atoms with Gasteiger partial charge in [0.2, 0.25) is 5.91 Å². The third-order valence-corrected chi connectivity index (χ3v) is 3.74. The van der Waals surface area contributed by atoms with Gasteiger partial charge in [-0.25, -0.2) is 4.98 Å². The van der Waals surface area contributed by atoms with Crippen molar-refractivity contribution in [3.8, 4) is 0 Å². The second-order valence-electron chi connectivity index (χ2n) is 5.01. The molecule has 2 heterocycles. The molecule has 0 bridgehead atoms. The number of nitrogens with zero attached hydrogens (tertiary/aromatic N) is 4. The highest BCUT2D eigenvalue weighted by molar-refractivity contribution is 7.15. The fraction of sp³-hybridized carbons (Fsp3) is 0.462. The lowest BCUT2D eigenvalue weighted by Crippen LogP contribution is -2.40. The number of aromatic nitrogens is 2. The maximum absolute atomic E-state index is 12.3. The lowest BCUT2D eigenvalue weighted by molar-refractivity contribution is -0.144. The Kier molecular flexibility index (Phi) is 4.92. The molecule has 0 unspecified atom stereocenters. The van der Waals surface area contributed by atoms with E-state index in [0.29, 0.717) is 18.8 Å². The van der Waals surface area contributed by atoms with Crippen molar-refractivity contribution >= 4 is 28.2 Å². The molecule has 1 amide bonds. The molecule has 0 atom stereocenters. The fourth-order valence-corrected chi connectivity index (χ4v) is 2.62. The molecule has 2 rings (SSSR count). The van der Waals surface area contributed by atoms with Crippen LogP contribution in [-0.4, -0.2) is 69.9 Å². The van der Waals surface area contributed by atoms with Crippen molar-refractivity contribution < 1.29 is 14.7 Å². The van der Waals surface area contributed by atoms with E-state index in [-0.39, 0.29) is 18.9 Å². The Morgan fingerprint density at radius 3 is 2.76 bits per heavy atom.